The first kappa shape index (κ1) is 12.3. The summed E-state index contributed by atoms with van der Waals surface area (Å²) in [7, 11) is 4.13. The smallest absolute Gasteiger partial charge is 0.119 e. The predicted octanol–water partition coefficient (Wildman–Crippen LogP) is 2.76. The molecular weight excluding hydrogens is 210 g/mol. The summed E-state index contributed by atoms with van der Waals surface area (Å²) in [5, 5.41) is 0. The molecule has 1 aromatic carbocycles. The zero-order valence-corrected chi connectivity index (χ0v) is 10.1. The molecule has 0 amide bonds. The highest BCUT2D eigenvalue weighted by Crippen LogP contribution is 2.14. The van der Waals surface area contributed by atoms with Gasteiger partial charge in [-0.25, -0.2) is 0 Å². The highest BCUT2D eigenvalue weighted by Gasteiger charge is 1.96. The Morgan fingerprint density at radius 1 is 1.33 bits per heavy atom. The van der Waals surface area contributed by atoms with Gasteiger partial charge in [0.25, 0.3) is 0 Å². The van der Waals surface area contributed by atoms with Crippen molar-refractivity contribution in [2.24, 2.45) is 0 Å². The molecule has 0 aliphatic rings. The summed E-state index contributed by atoms with van der Waals surface area (Å²) >= 11 is 5.74. The minimum absolute atomic E-state index is 0.537. The van der Waals surface area contributed by atoms with E-state index >= 15 is 0 Å². The van der Waals surface area contributed by atoms with Crippen molar-refractivity contribution in [2.45, 2.75) is 12.3 Å². The lowest BCUT2D eigenvalue weighted by Gasteiger charge is -2.10. The van der Waals surface area contributed by atoms with Gasteiger partial charge in [0.2, 0.25) is 0 Å². The molecule has 15 heavy (non-hydrogen) atoms. The Morgan fingerprint density at radius 3 is 2.80 bits per heavy atom. The molecule has 0 aromatic heterocycles. The van der Waals surface area contributed by atoms with E-state index < -0.39 is 0 Å². The lowest BCUT2D eigenvalue weighted by molar-refractivity contribution is 0.281. The van der Waals surface area contributed by atoms with E-state index in [1.54, 1.807) is 0 Å². The van der Waals surface area contributed by atoms with E-state index in [0.717, 1.165) is 30.9 Å². The first-order valence-electron chi connectivity index (χ1n) is 5.15. The third-order valence-corrected chi connectivity index (χ3v) is 2.38. The molecule has 2 nitrogen and oxygen atoms in total. The molecular formula is C12H18ClNO. The van der Waals surface area contributed by atoms with Crippen molar-refractivity contribution in [1.82, 2.24) is 4.90 Å². The molecule has 0 unspecified atom stereocenters. The van der Waals surface area contributed by atoms with Gasteiger partial charge in [-0.3, -0.25) is 0 Å². The van der Waals surface area contributed by atoms with Crippen LogP contribution in [0.15, 0.2) is 24.3 Å². The van der Waals surface area contributed by atoms with E-state index in [1.165, 1.54) is 0 Å². The zero-order chi connectivity index (χ0) is 11.1. The molecule has 1 aromatic rings. The molecule has 0 spiro atoms. The minimum Gasteiger partial charge on any atom is -0.494 e. The molecule has 0 fully saturated rings. The Labute approximate surface area is 96.8 Å². The van der Waals surface area contributed by atoms with Crippen molar-refractivity contribution in [1.29, 1.82) is 0 Å². The second-order valence-electron chi connectivity index (χ2n) is 3.79. The molecule has 0 saturated heterocycles. The lowest BCUT2D eigenvalue weighted by Crippen LogP contribution is -2.15. The molecule has 0 saturated carbocycles. The van der Waals surface area contributed by atoms with Gasteiger partial charge in [-0.1, -0.05) is 12.1 Å². The van der Waals surface area contributed by atoms with E-state index in [-0.39, 0.29) is 0 Å². The van der Waals surface area contributed by atoms with Gasteiger partial charge >= 0.3 is 0 Å². The maximum absolute atomic E-state index is 5.74. The highest BCUT2D eigenvalue weighted by molar-refractivity contribution is 6.17. The van der Waals surface area contributed by atoms with Gasteiger partial charge in [0, 0.05) is 12.4 Å². The first-order chi connectivity index (χ1) is 7.22. The standard InChI is InChI=1S/C12H18ClNO/c1-14(2)7-4-8-15-12-6-3-5-11(9-12)10-13/h3,5-6,9H,4,7-8,10H2,1-2H3. The normalized spacial score (nSPS) is 10.7. The Kier molecular flexibility index (Phi) is 5.51. The SMILES string of the molecule is CN(C)CCCOc1cccc(CCl)c1. The van der Waals surface area contributed by atoms with Crippen molar-refractivity contribution in [3.05, 3.63) is 29.8 Å². The second kappa shape index (κ2) is 6.70. The number of nitrogens with zero attached hydrogens (tertiary/aromatic N) is 1. The van der Waals surface area contributed by atoms with Crippen LogP contribution in [-0.2, 0) is 5.88 Å². The van der Waals surface area contributed by atoms with Crippen LogP contribution in [-0.4, -0.2) is 32.1 Å². The summed E-state index contributed by atoms with van der Waals surface area (Å²) in [6, 6.07) is 7.92. The van der Waals surface area contributed by atoms with Crippen LogP contribution in [0.1, 0.15) is 12.0 Å². The highest BCUT2D eigenvalue weighted by atomic mass is 35.5. The molecule has 84 valence electrons. The summed E-state index contributed by atoms with van der Waals surface area (Å²) in [5.74, 6) is 1.45. The monoisotopic (exact) mass is 227 g/mol. The number of benzene rings is 1. The number of ether oxygens (including phenoxy) is 1. The largest absolute Gasteiger partial charge is 0.494 e. The van der Waals surface area contributed by atoms with Gasteiger partial charge in [-0.05, 0) is 38.2 Å². The summed E-state index contributed by atoms with van der Waals surface area (Å²) in [4.78, 5) is 2.15. The topological polar surface area (TPSA) is 12.5 Å². The average Bonchev–Trinajstić information content (AvgIpc) is 2.24. The third-order valence-electron chi connectivity index (χ3n) is 2.07. The number of halogens is 1. The summed E-state index contributed by atoms with van der Waals surface area (Å²) in [5.41, 5.74) is 1.10. The fourth-order valence-electron chi connectivity index (χ4n) is 1.29. The summed E-state index contributed by atoms with van der Waals surface area (Å²) in [6.45, 7) is 1.80. The van der Waals surface area contributed by atoms with Crippen molar-refractivity contribution in [3.8, 4) is 5.75 Å². The maximum atomic E-state index is 5.74. The van der Waals surface area contributed by atoms with Crippen molar-refractivity contribution in [3.63, 3.8) is 0 Å². The van der Waals surface area contributed by atoms with Crippen LogP contribution in [0.25, 0.3) is 0 Å². The predicted molar refractivity (Wildman–Crippen MR) is 64.7 cm³/mol. The fraction of sp³-hybridized carbons (Fsp3) is 0.500. The van der Waals surface area contributed by atoms with E-state index in [2.05, 4.69) is 19.0 Å². The lowest BCUT2D eigenvalue weighted by atomic mass is 10.2. The maximum Gasteiger partial charge on any atom is 0.119 e. The van der Waals surface area contributed by atoms with Crippen LogP contribution >= 0.6 is 11.6 Å². The van der Waals surface area contributed by atoms with E-state index in [0.29, 0.717) is 5.88 Å². The van der Waals surface area contributed by atoms with Crippen LogP contribution < -0.4 is 4.74 Å². The van der Waals surface area contributed by atoms with Gasteiger partial charge in [0.05, 0.1) is 6.61 Å². The van der Waals surface area contributed by atoms with Gasteiger partial charge in [-0.15, -0.1) is 11.6 Å². The molecule has 0 bridgehead atoms. The van der Waals surface area contributed by atoms with E-state index in [9.17, 15) is 0 Å². The molecule has 1 rings (SSSR count). The molecule has 0 aliphatic carbocycles. The van der Waals surface area contributed by atoms with Gasteiger partial charge in [0.15, 0.2) is 0 Å². The summed E-state index contributed by atoms with van der Waals surface area (Å²) < 4.78 is 5.61. The molecule has 0 heterocycles. The summed E-state index contributed by atoms with van der Waals surface area (Å²) in [6.07, 6.45) is 1.04. The van der Waals surface area contributed by atoms with Crippen LogP contribution in [0, 0.1) is 0 Å². The number of hydrogen-bond acceptors (Lipinski definition) is 2. The molecule has 0 aliphatic heterocycles. The molecule has 0 atom stereocenters. The molecule has 0 N–H and O–H groups in total. The van der Waals surface area contributed by atoms with Crippen molar-refractivity contribution >= 4 is 11.6 Å². The third kappa shape index (κ3) is 5.05. The zero-order valence-electron chi connectivity index (χ0n) is 9.37. The quantitative estimate of drug-likeness (QED) is 0.548. The Morgan fingerprint density at radius 2 is 2.13 bits per heavy atom. The number of hydrogen-bond donors (Lipinski definition) is 0. The first-order valence-corrected chi connectivity index (χ1v) is 5.68. The second-order valence-corrected chi connectivity index (χ2v) is 4.05. The fourth-order valence-corrected chi connectivity index (χ4v) is 1.46. The van der Waals surface area contributed by atoms with Gasteiger partial charge in [-0.2, -0.15) is 0 Å². The number of alkyl halides is 1. The van der Waals surface area contributed by atoms with E-state index in [1.807, 2.05) is 24.3 Å². The van der Waals surface area contributed by atoms with Gasteiger partial charge < -0.3 is 9.64 Å². The van der Waals surface area contributed by atoms with Gasteiger partial charge in [0.1, 0.15) is 5.75 Å². The van der Waals surface area contributed by atoms with Crippen LogP contribution in [0.4, 0.5) is 0 Å². The van der Waals surface area contributed by atoms with Crippen LogP contribution in [0.5, 0.6) is 5.75 Å². The van der Waals surface area contributed by atoms with Crippen LogP contribution in [0.2, 0.25) is 0 Å². The number of rotatable bonds is 6. The van der Waals surface area contributed by atoms with Crippen molar-refractivity contribution in [2.75, 3.05) is 27.2 Å². The Hall–Kier alpha value is -0.730. The molecule has 0 radical (unpaired) electrons. The van der Waals surface area contributed by atoms with Crippen LogP contribution in [0.3, 0.4) is 0 Å². The Bertz CT molecular complexity index is 289. The van der Waals surface area contributed by atoms with E-state index in [4.69, 9.17) is 16.3 Å². The average molecular weight is 228 g/mol. The van der Waals surface area contributed by atoms with Crippen molar-refractivity contribution < 1.29 is 4.74 Å². The Balaban J connectivity index is 2.30. The minimum atomic E-state index is 0.537. The molecule has 3 heteroatoms.